The van der Waals surface area contributed by atoms with Gasteiger partial charge in [-0.2, -0.15) is 4.98 Å². The molecule has 0 aliphatic rings. The Kier molecular flexibility index (Phi) is 6.80. The van der Waals surface area contributed by atoms with E-state index in [0.717, 1.165) is 29.4 Å². The first kappa shape index (κ1) is 16.8. The fourth-order valence-corrected chi connectivity index (χ4v) is 1.85. The van der Waals surface area contributed by atoms with Crippen LogP contribution >= 0.6 is 0 Å². The van der Waals surface area contributed by atoms with Gasteiger partial charge in [-0.25, -0.2) is 9.97 Å². The highest BCUT2D eigenvalue weighted by Crippen LogP contribution is 2.14. The third kappa shape index (κ3) is 3.86. The number of hydrogen-bond donors (Lipinski definition) is 1. The van der Waals surface area contributed by atoms with E-state index in [4.69, 9.17) is 9.47 Å². The maximum absolute atomic E-state index is 5.46. The van der Waals surface area contributed by atoms with E-state index in [9.17, 15) is 0 Å². The highest BCUT2D eigenvalue weighted by atomic mass is 35.5. The Labute approximate surface area is 124 Å². The molecule has 0 unspecified atom stereocenters. The van der Waals surface area contributed by atoms with Crippen molar-refractivity contribution in [3.63, 3.8) is 0 Å². The Hall–Kier alpha value is -1.28. The monoisotopic (exact) mass is 301 g/mol. The molecule has 0 saturated carbocycles. The van der Waals surface area contributed by atoms with Gasteiger partial charge in [-0.3, -0.25) is 5.32 Å². The number of nitrogens with zero attached hydrogens (tertiary/aromatic N) is 4. The van der Waals surface area contributed by atoms with Gasteiger partial charge in [0.05, 0.1) is 33.2 Å². The summed E-state index contributed by atoms with van der Waals surface area (Å²) < 4.78 is 12.4. The Balaban J connectivity index is 0.00000200. The van der Waals surface area contributed by atoms with Gasteiger partial charge in [0.25, 0.3) is 5.82 Å². The maximum Gasteiger partial charge on any atom is 0.256 e. The van der Waals surface area contributed by atoms with E-state index in [2.05, 4.69) is 15.0 Å². The van der Waals surface area contributed by atoms with Crippen LogP contribution in [0, 0.1) is 6.92 Å². The normalized spacial score (nSPS) is 10.8. The average molecular weight is 302 g/mol. The van der Waals surface area contributed by atoms with Crippen molar-refractivity contribution in [3.8, 4) is 0 Å². The molecule has 0 saturated heterocycles. The lowest BCUT2D eigenvalue weighted by molar-refractivity contribution is -0.541. The zero-order valence-corrected chi connectivity index (χ0v) is 12.7. The molecule has 0 bridgehead atoms. The Morgan fingerprint density at radius 2 is 2.05 bits per heavy atom. The predicted octanol–water partition coefficient (Wildman–Crippen LogP) is -3.37. The van der Waals surface area contributed by atoms with Gasteiger partial charge in [0.1, 0.15) is 5.82 Å². The molecule has 2 N–H and O–H groups in total. The fourth-order valence-electron chi connectivity index (χ4n) is 1.85. The Morgan fingerprint density at radius 3 is 2.75 bits per heavy atom. The number of nitrogens with two attached hydrogens (primary N) is 1. The van der Waals surface area contributed by atoms with Crippen molar-refractivity contribution >= 4 is 17.0 Å². The third-order valence-electron chi connectivity index (χ3n) is 2.78. The summed E-state index contributed by atoms with van der Waals surface area (Å²) in [5.74, 6) is 1.63. The minimum absolute atomic E-state index is 0. The van der Waals surface area contributed by atoms with Crippen LogP contribution < -0.4 is 17.7 Å². The lowest BCUT2D eigenvalue weighted by Gasteiger charge is -2.05. The van der Waals surface area contributed by atoms with E-state index in [0.29, 0.717) is 19.8 Å². The van der Waals surface area contributed by atoms with Gasteiger partial charge < -0.3 is 26.4 Å². The molecule has 0 aliphatic heterocycles. The summed E-state index contributed by atoms with van der Waals surface area (Å²) in [4.78, 5) is 13.2. The van der Waals surface area contributed by atoms with E-state index in [1.165, 1.54) is 0 Å². The number of halogens is 1. The third-order valence-corrected chi connectivity index (χ3v) is 2.78. The standard InChI is InChI=1S/C12H19N5O2.ClH/c1-9-15-11(13-2)10-12(16-9)17(8-14-10)4-5-19-7-6-18-3;/h8H,4-7H2,1-3H3,(H,13,15,16);1H. The molecule has 0 amide bonds. The van der Waals surface area contributed by atoms with Gasteiger partial charge >= 0.3 is 0 Å². The number of quaternary nitrogens is 1. The van der Waals surface area contributed by atoms with Crippen molar-refractivity contribution in [1.29, 1.82) is 0 Å². The van der Waals surface area contributed by atoms with Crippen molar-refractivity contribution in [3.05, 3.63) is 12.2 Å². The molecular formula is C12H20ClN5O2. The molecule has 112 valence electrons. The zero-order chi connectivity index (χ0) is 13.7. The number of imidazole rings is 1. The van der Waals surface area contributed by atoms with Crippen LogP contribution in [-0.2, 0) is 16.0 Å². The summed E-state index contributed by atoms with van der Waals surface area (Å²) in [6, 6.07) is 0. The molecule has 0 atom stereocenters. The van der Waals surface area contributed by atoms with E-state index in [1.54, 1.807) is 13.4 Å². The van der Waals surface area contributed by atoms with Crippen LogP contribution in [0.1, 0.15) is 5.82 Å². The van der Waals surface area contributed by atoms with Crippen LogP contribution in [0.5, 0.6) is 0 Å². The molecule has 7 nitrogen and oxygen atoms in total. The Morgan fingerprint density at radius 1 is 1.25 bits per heavy atom. The lowest BCUT2D eigenvalue weighted by atomic mass is 10.4. The number of methoxy groups -OCH3 is 1. The molecule has 2 aromatic rings. The van der Waals surface area contributed by atoms with Crippen molar-refractivity contribution in [2.75, 3.05) is 34.0 Å². The number of aromatic nitrogens is 4. The SMILES string of the molecule is C[NH2+]c1nc(C)nc2c1ncn2CCOCCOC.[Cl-]. The second kappa shape index (κ2) is 8.11. The summed E-state index contributed by atoms with van der Waals surface area (Å²) >= 11 is 0. The molecule has 8 heteroatoms. The number of fused-ring (bicyclic) bond motifs is 1. The summed E-state index contributed by atoms with van der Waals surface area (Å²) in [6.07, 6.45) is 1.78. The lowest BCUT2D eigenvalue weighted by Crippen LogP contribution is -3.00. The maximum atomic E-state index is 5.46. The smallest absolute Gasteiger partial charge is 0.256 e. The fraction of sp³-hybridized carbons (Fsp3) is 0.583. The van der Waals surface area contributed by atoms with Crippen molar-refractivity contribution in [2.24, 2.45) is 0 Å². The highest BCUT2D eigenvalue weighted by Gasteiger charge is 2.13. The van der Waals surface area contributed by atoms with Gasteiger partial charge in [-0.1, -0.05) is 0 Å². The van der Waals surface area contributed by atoms with E-state index < -0.39 is 0 Å². The van der Waals surface area contributed by atoms with Crippen LogP contribution in [0.2, 0.25) is 0 Å². The summed E-state index contributed by atoms with van der Waals surface area (Å²) in [5, 5.41) is 1.95. The summed E-state index contributed by atoms with van der Waals surface area (Å²) in [7, 11) is 3.61. The number of aryl methyl sites for hydroxylation is 1. The molecule has 0 aromatic carbocycles. The summed E-state index contributed by atoms with van der Waals surface area (Å²) in [6.45, 7) is 4.44. The van der Waals surface area contributed by atoms with Crippen LogP contribution in [0.4, 0.5) is 5.82 Å². The zero-order valence-electron chi connectivity index (χ0n) is 12.0. The van der Waals surface area contributed by atoms with Gasteiger partial charge in [0.2, 0.25) is 0 Å². The van der Waals surface area contributed by atoms with Gasteiger partial charge in [-0.15, -0.1) is 0 Å². The highest BCUT2D eigenvalue weighted by molar-refractivity contribution is 5.78. The average Bonchev–Trinajstić information content (AvgIpc) is 2.81. The van der Waals surface area contributed by atoms with Gasteiger partial charge in [0, 0.05) is 13.7 Å². The van der Waals surface area contributed by atoms with Crippen LogP contribution in [0.15, 0.2) is 6.33 Å². The van der Waals surface area contributed by atoms with E-state index >= 15 is 0 Å². The van der Waals surface area contributed by atoms with Crippen molar-refractivity contribution < 1.29 is 27.2 Å². The second-order valence-corrected chi connectivity index (χ2v) is 4.16. The molecule has 0 radical (unpaired) electrons. The molecule has 0 aliphatic carbocycles. The van der Waals surface area contributed by atoms with Gasteiger partial charge in [-0.05, 0) is 6.92 Å². The second-order valence-electron chi connectivity index (χ2n) is 4.16. The summed E-state index contributed by atoms with van der Waals surface area (Å²) in [5.41, 5.74) is 1.70. The van der Waals surface area contributed by atoms with Crippen molar-refractivity contribution in [1.82, 2.24) is 19.5 Å². The molecule has 2 rings (SSSR count). The predicted molar refractivity (Wildman–Crippen MR) is 70.3 cm³/mol. The topological polar surface area (TPSA) is 78.7 Å². The molecule has 2 aromatic heterocycles. The number of hydrogen-bond acceptors (Lipinski definition) is 5. The molecule has 20 heavy (non-hydrogen) atoms. The minimum atomic E-state index is 0. The van der Waals surface area contributed by atoms with E-state index in [-0.39, 0.29) is 12.4 Å². The van der Waals surface area contributed by atoms with Gasteiger partial charge in [0.15, 0.2) is 11.2 Å². The first-order valence-electron chi connectivity index (χ1n) is 6.31. The quantitative estimate of drug-likeness (QED) is 0.540. The van der Waals surface area contributed by atoms with Crippen LogP contribution in [0.25, 0.3) is 11.2 Å². The van der Waals surface area contributed by atoms with E-state index in [1.807, 2.05) is 23.9 Å². The number of ether oxygens (including phenoxy) is 2. The number of rotatable bonds is 7. The molecule has 0 fully saturated rings. The minimum Gasteiger partial charge on any atom is -1.00 e. The molecule has 2 heterocycles. The largest absolute Gasteiger partial charge is 1.00 e. The molecular weight excluding hydrogens is 282 g/mol. The van der Waals surface area contributed by atoms with Crippen LogP contribution in [-0.4, -0.2) is 53.5 Å². The Bertz CT molecular complexity index is 546. The van der Waals surface area contributed by atoms with Crippen molar-refractivity contribution in [2.45, 2.75) is 13.5 Å². The first-order chi connectivity index (χ1) is 9.26. The first-order valence-corrected chi connectivity index (χ1v) is 6.31. The molecule has 0 spiro atoms. The van der Waals surface area contributed by atoms with Crippen LogP contribution in [0.3, 0.4) is 0 Å².